The lowest BCUT2D eigenvalue weighted by Gasteiger charge is -2.21. The fourth-order valence-corrected chi connectivity index (χ4v) is 13.1. The molecule has 0 bridgehead atoms. The van der Waals surface area contributed by atoms with E-state index in [1.54, 1.807) is 0 Å². The smallest absolute Gasteiger partial charge is 0.462 e. The molecule has 0 saturated heterocycles. The molecule has 0 amide bonds. The third kappa shape index (κ3) is 70.3. The first-order chi connectivity index (χ1) is 45.6. The van der Waals surface area contributed by atoms with Crippen LogP contribution in [0.3, 0.4) is 0 Å². The Morgan fingerprint density at radius 3 is 0.653 bits per heavy atom. The molecular weight excluding hydrogens is 1250 g/mol. The van der Waals surface area contributed by atoms with E-state index in [2.05, 4.69) is 55.4 Å². The first-order valence-corrected chi connectivity index (χ1v) is 42.2. The van der Waals surface area contributed by atoms with Crippen molar-refractivity contribution in [3.63, 3.8) is 0 Å². The van der Waals surface area contributed by atoms with E-state index >= 15 is 0 Å². The second kappa shape index (κ2) is 65.4. The molecule has 0 spiro atoms. The van der Waals surface area contributed by atoms with Gasteiger partial charge in [0, 0.05) is 25.7 Å². The predicted molar refractivity (Wildman–Crippen MR) is 386 cm³/mol. The Morgan fingerprint density at radius 2 is 0.442 bits per heavy atom. The molecule has 0 aliphatic heterocycles. The first kappa shape index (κ1) is 93.1. The van der Waals surface area contributed by atoms with Crippen molar-refractivity contribution in [3.8, 4) is 0 Å². The molecular formula is C76H148O17P2. The number of rotatable bonds is 73. The van der Waals surface area contributed by atoms with Crippen molar-refractivity contribution in [2.45, 2.75) is 401 Å². The molecule has 0 heterocycles. The second-order valence-corrected chi connectivity index (χ2v) is 32.2. The van der Waals surface area contributed by atoms with Crippen molar-refractivity contribution in [2.24, 2.45) is 23.7 Å². The maximum Gasteiger partial charge on any atom is 0.472 e. The van der Waals surface area contributed by atoms with Crippen LogP contribution in [0.15, 0.2) is 0 Å². The van der Waals surface area contributed by atoms with Crippen LogP contribution < -0.4 is 0 Å². The number of ether oxygens (including phenoxy) is 4. The number of carbonyl (C=O) groups is 4. The van der Waals surface area contributed by atoms with E-state index < -0.39 is 97.5 Å². The van der Waals surface area contributed by atoms with Crippen molar-refractivity contribution in [3.05, 3.63) is 0 Å². The maximum atomic E-state index is 13.1. The monoisotopic (exact) mass is 1400 g/mol. The summed E-state index contributed by atoms with van der Waals surface area (Å²) in [6, 6.07) is 0. The van der Waals surface area contributed by atoms with Gasteiger partial charge in [-0.3, -0.25) is 37.3 Å². The van der Waals surface area contributed by atoms with Crippen molar-refractivity contribution in [1.82, 2.24) is 0 Å². The van der Waals surface area contributed by atoms with E-state index in [0.717, 1.165) is 108 Å². The summed E-state index contributed by atoms with van der Waals surface area (Å²) >= 11 is 0. The molecule has 3 unspecified atom stereocenters. The Balaban J connectivity index is 5.21. The van der Waals surface area contributed by atoms with Gasteiger partial charge in [-0.25, -0.2) is 9.13 Å². The van der Waals surface area contributed by atoms with Crippen LogP contribution in [0.2, 0.25) is 0 Å². The molecule has 0 aromatic carbocycles. The number of esters is 4. The molecule has 0 radical (unpaired) electrons. The Kier molecular flexibility index (Phi) is 64.0. The van der Waals surface area contributed by atoms with E-state index in [1.807, 2.05) is 0 Å². The summed E-state index contributed by atoms with van der Waals surface area (Å²) in [5.74, 6) is 0.876. The molecule has 3 N–H and O–H groups in total. The Bertz CT molecular complexity index is 1870. The van der Waals surface area contributed by atoms with Gasteiger partial charge in [-0.15, -0.1) is 0 Å². The molecule has 0 aliphatic carbocycles. The topological polar surface area (TPSA) is 237 Å². The molecule has 0 aromatic rings. The number of phosphoric ester groups is 2. The minimum absolute atomic E-state index is 0.102. The molecule has 0 aliphatic rings. The average Bonchev–Trinajstić information content (AvgIpc) is 1.25. The summed E-state index contributed by atoms with van der Waals surface area (Å²) in [5, 5.41) is 10.6. The van der Waals surface area contributed by atoms with E-state index in [4.69, 9.17) is 37.0 Å². The van der Waals surface area contributed by atoms with Gasteiger partial charge in [0.2, 0.25) is 0 Å². The summed E-state index contributed by atoms with van der Waals surface area (Å²) in [7, 11) is -9.91. The molecule has 19 heteroatoms. The number of hydrogen-bond acceptors (Lipinski definition) is 15. The van der Waals surface area contributed by atoms with Gasteiger partial charge in [0.25, 0.3) is 0 Å². The third-order valence-electron chi connectivity index (χ3n) is 17.6. The Labute approximate surface area is 581 Å². The lowest BCUT2D eigenvalue weighted by Crippen LogP contribution is -2.30. The molecule has 0 fully saturated rings. The number of carbonyl (C=O) groups excluding carboxylic acids is 4. The fourth-order valence-electron chi connectivity index (χ4n) is 11.6. The lowest BCUT2D eigenvalue weighted by atomic mass is 10.0. The van der Waals surface area contributed by atoms with Gasteiger partial charge in [0.1, 0.15) is 19.3 Å². The van der Waals surface area contributed by atoms with Gasteiger partial charge < -0.3 is 33.8 Å². The maximum absolute atomic E-state index is 13.1. The zero-order valence-electron chi connectivity index (χ0n) is 62.3. The van der Waals surface area contributed by atoms with E-state index in [9.17, 15) is 43.2 Å². The van der Waals surface area contributed by atoms with Crippen LogP contribution in [0, 0.1) is 23.7 Å². The molecule has 0 rings (SSSR count). The van der Waals surface area contributed by atoms with Crippen molar-refractivity contribution in [1.29, 1.82) is 0 Å². The fraction of sp³-hybridized carbons (Fsp3) is 0.947. The zero-order valence-corrected chi connectivity index (χ0v) is 64.1. The standard InChI is InChI=1S/C76H148O17P2/c1-66(2)52-44-36-28-22-18-14-11-9-10-12-16-20-24-32-40-48-56-73(78)86-62-71(92-75(80)58-50-42-33-25-21-17-13-15-19-23-29-37-45-53-67(3)4)64-90-94(82,83)88-60-70(77)61-89-95(84,85)91-65-72(93-76(81)59-51-43-35-27-31-39-47-55-69(7)8)63-87-74(79)57-49-41-34-26-30-38-46-54-68(5)6/h66-72,77H,9-65H2,1-8H3,(H,82,83)(H,84,85)/t70?,71-,72-/m1/s1. The zero-order chi connectivity index (χ0) is 70.3. The van der Waals surface area contributed by atoms with Crippen LogP contribution in [-0.2, 0) is 65.4 Å². The number of unbranched alkanes of at least 4 members (excludes halogenated alkanes) is 39. The van der Waals surface area contributed by atoms with Gasteiger partial charge >= 0.3 is 39.5 Å². The summed E-state index contributed by atoms with van der Waals surface area (Å²) < 4.78 is 68.5. The van der Waals surface area contributed by atoms with Crippen LogP contribution in [0.1, 0.15) is 383 Å². The van der Waals surface area contributed by atoms with Crippen LogP contribution in [0.4, 0.5) is 0 Å². The highest BCUT2D eigenvalue weighted by atomic mass is 31.2. The number of aliphatic hydroxyl groups excluding tert-OH is 1. The molecule has 5 atom stereocenters. The largest absolute Gasteiger partial charge is 0.472 e. The van der Waals surface area contributed by atoms with Crippen LogP contribution >= 0.6 is 15.6 Å². The van der Waals surface area contributed by atoms with Gasteiger partial charge in [-0.05, 0) is 49.4 Å². The van der Waals surface area contributed by atoms with E-state index in [0.29, 0.717) is 37.5 Å². The minimum Gasteiger partial charge on any atom is -0.462 e. The molecule has 564 valence electrons. The molecule has 17 nitrogen and oxygen atoms in total. The second-order valence-electron chi connectivity index (χ2n) is 29.3. The molecule has 0 saturated carbocycles. The van der Waals surface area contributed by atoms with Crippen LogP contribution in [0.5, 0.6) is 0 Å². The summed E-state index contributed by atoms with van der Waals surface area (Å²) in [6.45, 7) is 14.1. The highest BCUT2D eigenvalue weighted by molar-refractivity contribution is 7.47. The normalized spacial score (nSPS) is 14.1. The summed E-state index contributed by atoms with van der Waals surface area (Å²) in [5.41, 5.74) is 0. The molecule has 95 heavy (non-hydrogen) atoms. The van der Waals surface area contributed by atoms with Gasteiger partial charge in [-0.2, -0.15) is 0 Å². The molecule has 0 aromatic heterocycles. The third-order valence-corrected chi connectivity index (χ3v) is 19.5. The van der Waals surface area contributed by atoms with Crippen molar-refractivity contribution < 1.29 is 80.2 Å². The number of hydrogen-bond donors (Lipinski definition) is 3. The number of aliphatic hydroxyl groups is 1. The highest BCUT2D eigenvalue weighted by Gasteiger charge is 2.30. The first-order valence-electron chi connectivity index (χ1n) is 39.2. The van der Waals surface area contributed by atoms with Crippen LogP contribution in [0.25, 0.3) is 0 Å². The van der Waals surface area contributed by atoms with E-state index in [1.165, 1.54) is 180 Å². The van der Waals surface area contributed by atoms with E-state index in [-0.39, 0.29) is 25.7 Å². The van der Waals surface area contributed by atoms with Crippen molar-refractivity contribution >= 4 is 39.5 Å². The predicted octanol–water partition coefficient (Wildman–Crippen LogP) is 22.0. The Morgan fingerprint density at radius 1 is 0.263 bits per heavy atom. The SMILES string of the molecule is CC(C)CCCCCCCCCCCCCCCCCCC(=O)OC[C@H](COP(=O)(O)OCC(O)COP(=O)(O)OC[C@@H](COC(=O)CCCCCCCCCC(C)C)OC(=O)CCCCCCCCCC(C)C)OC(=O)CCCCCCCCCCCCCCCC(C)C. The Hall–Kier alpha value is -1.94. The van der Waals surface area contributed by atoms with Gasteiger partial charge in [-0.1, -0.05) is 331 Å². The van der Waals surface area contributed by atoms with Gasteiger partial charge in [0.05, 0.1) is 26.4 Å². The van der Waals surface area contributed by atoms with Crippen molar-refractivity contribution in [2.75, 3.05) is 39.6 Å². The number of phosphoric acid groups is 2. The minimum atomic E-state index is -4.96. The lowest BCUT2D eigenvalue weighted by molar-refractivity contribution is -0.161. The summed E-state index contributed by atoms with van der Waals surface area (Å²) in [6.07, 6.45) is 50.2. The average molecular weight is 1400 g/mol. The quantitative estimate of drug-likeness (QED) is 0.0222. The highest BCUT2D eigenvalue weighted by Crippen LogP contribution is 2.45. The summed E-state index contributed by atoms with van der Waals surface area (Å²) in [4.78, 5) is 72.7. The van der Waals surface area contributed by atoms with Crippen LogP contribution in [-0.4, -0.2) is 96.7 Å². The van der Waals surface area contributed by atoms with Gasteiger partial charge in [0.15, 0.2) is 12.2 Å².